The van der Waals surface area contributed by atoms with Gasteiger partial charge in [-0.05, 0) is 84.7 Å². The van der Waals surface area contributed by atoms with Crippen molar-refractivity contribution in [3.05, 3.63) is 83.4 Å². The second kappa shape index (κ2) is 10.2. The summed E-state index contributed by atoms with van der Waals surface area (Å²) in [6, 6.07) is 18.1. The van der Waals surface area contributed by atoms with Crippen LogP contribution < -0.4 is 10.0 Å². The van der Waals surface area contributed by atoms with Crippen LogP contribution in [0.2, 0.25) is 5.02 Å². The summed E-state index contributed by atoms with van der Waals surface area (Å²) in [6.45, 7) is 7.05. The number of carbonyl (C=O) groups excluding carboxylic acids is 1. The van der Waals surface area contributed by atoms with E-state index >= 15 is 0 Å². The van der Waals surface area contributed by atoms with Gasteiger partial charge in [0.25, 0.3) is 15.9 Å². The fourth-order valence-electron chi connectivity index (χ4n) is 6.29. The van der Waals surface area contributed by atoms with E-state index in [1.165, 1.54) is 42.5 Å². The van der Waals surface area contributed by atoms with Crippen molar-refractivity contribution < 1.29 is 21.6 Å². The number of anilines is 2. The van der Waals surface area contributed by atoms with Crippen molar-refractivity contribution in [3.63, 3.8) is 0 Å². The highest BCUT2D eigenvalue weighted by molar-refractivity contribution is 7.92. The molecule has 8 nitrogen and oxygen atoms in total. The molecule has 2 N–H and O–H groups in total. The molecule has 0 aromatic heterocycles. The Bertz CT molecular complexity index is 1670. The number of nitrogens with one attached hydrogen (secondary N) is 2. The molecular formula is C29H32ClN3O5S2. The van der Waals surface area contributed by atoms with Crippen molar-refractivity contribution in [1.29, 1.82) is 0 Å². The largest absolute Gasteiger partial charge is 0.322 e. The predicted molar refractivity (Wildman–Crippen MR) is 157 cm³/mol. The Labute approximate surface area is 240 Å². The smallest absolute Gasteiger partial charge is 0.262 e. The Balaban J connectivity index is 1.30. The van der Waals surface area contributed by atoms with E-state index in [-0.39, 0.29) is 48.6 Å². The number of hydrogen-bond donors (Lipinski definition) is 2. The number of halogens is 1. The summed E-state index contributed by atoms with van der Waals surface area (Å²) >= 11 is 6.08. The fraction of sp³-hybridized carbons (Fsp3) is 0.345. The summed E-state index contributed by atoms with van der Waals surface area (Å²) in [5, 5.41) is 2.94. The first-order valence-corrected chi connectivity index (χ1v) is 16.3. The van der Waals surface area contributed by atoms with Crippen LogP contribution in [0.3, 0.4) is 0 Å². The number of rotatable bonds is 7. The number of para-hydroxylation sites is 1. The van der Waals surface area contributed by atoms with Crippen molar-refractivity contribution in [2.45, 2.75) is 55.9 Å². The van der Waals surface area contributed by atoms with Gasteiger partial charge in [0.2, 0.25) is 10.0 Å². The number of sulfonamides is 2. The SMILES string of the molecule is CC1(C)CC2CC(C)(CN2S(=O)(=O)c2ccc(C(=O)Nc3cccc(S(=O)(=O)Nc4ccccc4Cl)c3)cc2)C1. The third-order valence-corrected chi connectivity index (χ3v) is 11.2. The Morgan fingerprint density at radius 1 is 0.900 bits per heavy atom. The number of hydrogen-bond acceptors (Lipinski definition) is 5. The van der Waals surface area contributed by atoms with E-state index in [1.54, 1.807) is 34.6 Å². The molecule has 3 aromatic rings. The van der Waals surface area contributed by atoms with Crippen molar-refractivity contribution in [1.82, 2.24) is 4.31 Å². The fourth-order valence-corrected chi connectivity index (χ4v) is 9.43. The summed E-state index contributed by atoms with van der Waals surface area (Å²) < 4.78 is 56.9. The molecule has 2 bridgehead atoms. The molecule has 1 aliphatic heterocycles. The third-order valence-electron chi connectivity index (χ3n) is 7.61. The highest BCUT2D eigenvalue weighted by atomic mass is 35.5. The van der Waals surface area contributed by atoms with E-state index in [0.29, 0.717) is 6.54 Å². The molecule has 1 heterocycles. The molecule has 2 fully saturated rings. The maximum Gasteiger partial charge on any atom is 0.262 e. The zero-order valence-corrected chi connectivity index (χ0v) is 24.9. The Hall–Kier alpha value is -2.92. The average Bonchev–Trinajstić information content (AvgIpc) is 3.14. The summed E-state index contributed by atoms with van der Waals surface area (Å²) in [5.74, 6) is -0.496. The van der Waals surface area contributed by atoms with Gasteiger partial charge in [-0.25, -0.2) is 16.8 Å². The average molecular weight is 602 g/mol. The number of fused-ring (bicyclic) bond motifs is 2. The first-order chi connectivity index (χ1) is 18.7. The van der Waals surface area contributed by atoms with E-state index in [9.17, 15) is 21.6 Å². The van der Waals surface area contributed by atoms with E-state index in [2.05, 4.69) is 30.8 Å². The maximum absolute atomic E-state index is 13.5. The number of amides is 1. The van der Waals surface area contributed by atoms with Crippen LogP contribution in [-0.2, 0) is 20.0 Å². The zero-order valence-electron chi connectivity index (χ0n) is 22.5. The van der Waals surface area contributed by atoms with E-state index in [0.717, 1.165) is 19.3 Å². The highest BCUT2D eigenvalue weighted by Crippen LogP contribution is 2.53. The van der Waals surface area contributed by atoms with Crippen molar-refractivity contribution in [2.75, 3.05) is 16.6 Å². The van der Waals surface area contributed by atoms with Gasteiger partial charge in [-0.3, -0.25) is 9.52 Å². The van der Waals surface area contributed by atoms with Crippen LogP contribution in [0.25, 0.3) is 0 Å². The van der Waals surface area contributed by atoms with Crippen LogP contribution in [0.5, 0.6) is 0 Å². The normalized spacial score (nSPS) is 22.6. The van der Waals surface area contributed by atoms with Gasteiger partial charge in [0.1, 0.15) is 0 Å². The lowest BCUT2D eigenvalue weighted by Gasteiger charge is -2.39. The molecule has 11 heteroatoms. The minimum Gasteiger partial charge on any atom is -0.322 e. The second-order valence-electron chi connectivity index (χ2n) is 11.9. The van der Waals surface area contributed by atoms with Crippen LogP contribution in [0.15, 0.2) is 82.6 Å². The summed E-state index contributed by atoms with van der Waals surface area (Å²) in [7, 11) is -7.68. The Kier molecular flexibility index (Phi) is 7.27. The Morgan fingerprint density at radius 3 is 2.30 bits per heavy atom. The van der Waals surface area contributed by atoms with Gasteiger partial charge in [-0.15, -0.1) is 0 Å². The van der Waals surface area contributed by atoms with Gasteiger partial charge in [0.05, 0.1) is 20.5 Å². The van der Waals surface area contributed by atoms with Crippen LogP contribution in [0.1, 0.15) is 50.4 Å². The quantitative estimate of drug-likeness (QED) is 0.346. The minimum absolute atomic E-state index is 0.0299. The monoisotopic (exact) mass is 601 g/mol. The number of nitrogens with zero attached hydrogens (tertiary/aromatic N) is 1. The Morgan fingerprint density at radius 2 is 1.60 bits per heavy atom. The van der Waals surface area contributed by atoms with Crippen molar-refractivity contribution in [3.8, 4) is 0 Å². The zero-order chi connectivity index (χ0) is 28.9. The van der Waals surface area contributed by atoms with Crippen LogP contribution in [-0.4, -0.2) is 39.6 Å². The first kappa shape index (κ1) is 28.6. The predicted octanol–water partition coefficient (Wildman–Crippen LogP) is 5.98. The molecule has 1 aliphatic carbocycles. The lowest BCUT2D eigenvalue weighted by Crippen LogP contribution is -2.37. The molecular weight excluding hydrogens is 570 g/mol. The van der Waals surface area contributed by atoms with Gasteiger partial charge < -0.3 is 5.32 Å². The van der Waals surface area contributed by atoms with Crippen molar-refractivity contribution in [2.24, 2.45) is 10.8 Å². The molecule has 1 saturated carbocycles. The van der Waals surface area contributed by atoms with Gasteiger partial charge in [-0.1, -0.05) is 50.6 Å². The minimum atomic E-state index is -3.96. The first-order valence-electron chi connectivity index (χ1n) is 13.0. The molecule has 3 aromatic carbocycles. The molecule has 2 atom stereocenters. The highest BCUT2D eigenvalue weighted by Gasteiger charge is 2.53. The molecule has 2 aliphatic rings. The topological polar surface area (TPSA) is 113 Å². The molecule has 212 valence electrons. The van der Waals surface area contributed by atoms with Crippen LogP contribution in [0, 0.1) is 10.8 Å². The molecule has 40 heavy (non-hydrogen) atoms. The molecule has 0 spiro atoms. The van der Waals surface area contributed by atoms with Gasteiger partial charge in [0, 0.05) is 23.8 Å². The van der Waals surface area contributed by atoms with Gasteiger partial charge in [-0.2, -0.15) is 4.31 Å². The second-order valence-corrected chi connectivity index (χ2v) is 15.8. The molecule has 5 rings (SSSR count). The number of benzene rings is 3. The van der Waals surface area contributed by atoms with E-state index < -0.39 is 26.0 Å². The van der Waals surface area contributed by atoms with Crippen LogP contribution in [0.4, 0.5) is 11.4 Å². The van der Waals surface area contributed by atoms with Crippen LogP contribution >= 0.6 is 11.6 Å². The third kappa shape index (κ3) is 5.76. The molecule has 1 saturated heterocycles. The van der Waals surface area contributed by atoms with Gasteiger partial charge >= 0.3 is 0 Å². The maximum atomic E-state index is 13.5. The van der Waals surface area contributed by atoms with Gasteiger partial charge in [0.15, 0.2) is 0 Å². The summed E-state index contributed by atoms with van der Waals surface area (Å²) in [5.41, 5.74) is 0.803. The number of carbonyl (C=O) groups is 1. The molecule has 2 unspecified atom stereocenters. The molecule has 0 radical (unpaired) electrons. The summed E-state index contributed by atoms with van der Waals surface area (Å²) in [4.78, 5) is 13.0. The van der Waals surface area contributed by atoms with E-state index in [4.69, 9.17) is 11.6 Å². The standard InChI is InChI=1S/C29H32ClN3O5S2/c1-28(2)16-22-17-29(3,18-28)19-33(22)40(37,38)23-13-11-20(12-14-23)27(34)31-21-7-6-8-24(15-21)39(35,36)32-26-10-5-4-9-25(26)30/h4-15,22,32H,16-19H2,1-3H3,(H,31,34). The lowest BCUT2D eigenvalue weighted by atomic mass is 9.65. The van der Waals surface area contributed by atoms with Crippen molar-refractivity contribution >= 4 is 48.9 Å². The molecule has 1 amide bonds. The summed E-state index contributed by atoms with van der Waals surface area (Å²) in [6.07, 6.45) is 2.67. The van der Waals surface area contributed by atoms with E-state index in [1.807, 2.05) is 0 Å². The lowest BCUT2D eigenvalue weighted by molar-refractivity contribution is 0.102.